The molecule has 0 aromatic rings. The molecule has 0 aliphatic heterocycles. The van der Waals surface area contributed by atoms with Crippen LogP contribution in [-0.4, -0.2) is 30.6 Å². The van der Waals surface area contributed by atoms with Gasteiger partial charge in [-0.3, -0.25) is 0 Å². The largest absolute Gasteiger partial charge is 0.460 e. The molecule has 0 saturated carbocycles. The Morgan fingerprint density at radius 1 is 1.05 bits per heavy atom. The van der Waals surface area contributed by atoms with Crippen molar-refractivity contribution in [2.75, 3.05) is 6.61 Å². The molecule has 112 valence electrons. The minimum atomic E-state index is -6.11. The monoisotopic (exact) mass is 300 g/mol. The van der Waals surface area contributed by atoms with Crippen molar-refractivity contribution in [3.63, 3.8) is 0 Å². The van der Waals surface area contributed by atoms with Crippen molar-refractivity contribution in [2.24, 2.45) is 0 Å². The second-order valence-electron chi connectivity index (χ2n) is 3.53. The molecule has 0 aliphatic rings. The van der Waals surface area contributed by atoms with E-state index in [0.29, 0.717) is 0 Å². The molecule has 0 bridgehead atoms. The Balaban J connectivity index is 4.41. The number of carbonyl (C=O) groups is 1. The molecule has 0 saturated heterocycles. The van der Waals surface area contributed by atoms with Gasteiger partial charge in [0.15, 0.2) is 0 Å². The van der Waals surface area contributed by atoms with Crippen molar-refractivity contribution in [2.45, 2.75) is 30.9 Å². The van der Waals surface area contributed by atoms with Crippen LogP contribution in [0.1, 0.15) is 12.8 Å². The van der Waals surface area contributed by atoms with E-state index in [1.807, 2.05) is 0 Å². The number of hydrogen-bond donors (Lipinski definition) is 0. The Morgan fingerprint density at radius 3 is 1.89 bits per heavy atom. The van der Waals surface area contributed by atoms with E-state index in [9.17, 15) is 39.9 Å². The van der Waals surface area contributed by atoms with E-state index in [1.165, 1.54) is 0 Å². The van der Waals surface area contributed by atoms with Crippen LogP contribution in [0.25, 0.3) is 0 Å². The van der Waals surface area contributed by atoms with Crippen LogP contribution in [0.3, 0.4) is 0 Å². The van der Waals surface area contributed by atoms with E-state index in [-0.39, 0.29) is 0 Å². The molecular weight excluding hydrogens is 292 g/mol. The molecule has 19 heavy (non-hydrogen) atoms. The van der Waals surface area contributed by atoms with Crippen LogP contribution >= 0.6 is 0 Å². The SMILES string of the molecule is C=C(F)C(=O)OCCC(F)(F)CC(F)(F)C(F)(F)F. The standard InChI is InChI=1S/C9H8F8O2/c1-5(10)6(18)19-3-2-7(11,12)4-8(13,14)9(15,16)17/h1-4H2. The second-order valence-corrected chi connectivity index (χ2v) is 3.53. The molecule has 0 unspecified atom stereocenters. The van der Waals surface area contributed by atoms with Crippen LogP contribution < -0.4 is 0 Å². The summed E-state index contributed by atoms with van der Waals surface area (Å²) in [7, 11) is 0. The Labute approximate surface area is 102 Å². The lowest BCUT2D eigenvalue weighted by Gasteiger charge is -2.24. The molecule has 0 aromatic heterocycles. The van der Waals surface area contributed by atoms with Crippen molar-refractivity contribution in [1.82, 2.24) is 0 Å². The fourth-order valence-electron chi connectivity index (χ4n) is 0.885. The first kappa shape index (κ1) is 17.6. The topological polar surface area (TPSA) is 26.3 Å². The maximum Gasteiger partial charge on any atom is 0.453 e. The van der Waals surface area contributed by atoms with E-state index in [1.54, 1.807) is 0 Å². The zero-order valence-corrected chi connectivity index (χ0v) is 9.17. The van der Waals surface area contributed by atoms with Crippen molar-refractivity contribution in [1.29, 1.82) is 0 Å². The lowest BCUT2D eigenvalue weighted by molar-refractivity contribution is -0.301. The molecule has 0 rings (SSSR count). The molecule has 0 atom stereocenters. The Bertz CT molecular complexity index is 347. The number of hydrogen-bond acceptors (Lipinski definition) is 2. The van der Waals surface area contributed by atoms with Gasteiger partial charge in [-0.15, -0.1) is 0 Å². The third-order valence-corrected chi connectivity index (χ3v) is 1.82. The maximum absolute atomic E-state index is 12.8. The number of ether oxygens (including phenoxy) is 1. The van der Waals surface area contributed by atoms with Gasteiger partial charge < -0.3 is 4.74 Å². The van der Waals surface area contributed by atoms with Gasteiger partial charge in [0.2, 0.25) is 5.83 Å². The maximum atomic E-state index is 12.8. The minimum Gasteiger partial charge on any atom is -0.460 e. The number of halogens is 8. The van der Waals surface area contributed by atoms with E-state index in [0.717, 1.165) is 0 Å². The van der Waals surface area contributed by atoms with Crippen LogP contribution in [0.2, 0.25) is 0 Å². The normalized spacial score (nSPS) is 13.3. The molecule has 0 radical (unpaired) electrons. The van der Waals surface area contributed by atoms with Crippen LogP contribution in [-0.2, 0) is 9.53 Å². The van der Waals surface area contributed by atoms with Crippen molar-refractivity contribution in [3.8, 4) is 0 Å². The highest BCUT2D eigenvalue weighted by atomic mass is 19.4. The molecule has 0 heterocycles. The van der Waals surface area contributed by atoms with E-state index in [4.69, 9.17) is 0 Å². The third kappa shape index (κ3) is 5.88. The zero-order chi connectivity index (χ0) is 15.5. The Morgan fingerprint density at radius 2 is 1.53 bits per heavy atom. The van der Waals surface area contributed by atoms with Gasteiger partial charge >= 0.3 is 18.1 Å². The summed E-state index contributed by atoms with van der Waals surface area (Å²) in [6, 6.07) is 0. The second kappa shape index (κ2) is 5.74. The van der Waals surface area contributed by atoms with Gasteiger partial charge in [0.05, 0.1) is 13.0 Å². The number of esters is 1. The first-order valence-electron chi connectivity index (χ1n) is 4.62. The summed E-state index contributed by atoms with van der Waals surface area (Å²) < 4.78 is 101. The lowest BCUT2D eigenvalue weighted by Crippen LogP contribution is -2.42. The quantitative estimate of drug-likeness (QED) is 0.425. The molecule has 10 heteroatoms. The van der Waals surface area contributed by atoms with E-state index < -0.39 is 49.3 Å². The highest BCUT2D eigenvalue weighted by Crippen LogP contribution is 2.43. The molecule has 0 amide bonds. The van der Waals surface area contributed by atoms with Gasteiger partial charge in [-0.25, -0.2) is 13.6 Å². The average molecular weight is 300 g/mol. The molecule has 2 nitrogen and oxygen atoms in total. The predicted octanol–water partition coefficient (Wildman–Crippen LogP) is 3.63. The average Bonchev–Trinajstić information content (AvgIpc) is 2.13. The highest BCUT2D eigenvalue weighted by molar-refractivity contribution is 5.85. The van der Waals surface area contributed by atoms with Gasteiger partial charge in [0, 0.05) is 6.42 Å². The summed E-state index contributed by atoms with van der Waals surface area (Å²) in [6.07, 6.45) is -10.5. The summed E-state index contributed by atoms with van der Waals surface area (Å²) in [4.78, 5) is 10.4. The summed E-state index contributed by atoms with van der Waals surface area (Å²) in [5, 5.41) is 0. The lowest BCUT2D eigenvalue weighted by atomic mass is 10.1. The Hall–Kier alpha value is -1.35. The number of rotatable bonds is 6. The number of carbonyl (C=O) groups excluding carboxylic acids is 1. The van der Waals surface area contributed by atoms with Crippen LogP contribution in [0.4, 0.5) is 35.1 Å². The van der Waals surface area contributed by atoms with Gasteiger partial charge in [0.1, 0.15) is 0 Å². The van der Waals surface area contributed by atoms with Crippen molar-refractivity contribution < 1.29 is 44.7 Å². The first-order chi connectivity index (χ1) is 8.28. The fraction of sp³-hybridized carbons (Fsp3) is 0.667. The smallest absolute Gasteiger partial charge is 0.453 e. The molecule has 0 aromatic carbocycles. The van der Waals surface area contributed by atoms with Crippen molar-refractivity contribution in [3.05, 3.63) is 12.4 Å². The summed E-state index contributed by atoms with van der Waals surface area (Å²) >= 11 is 0. The zero-order valence-electron chi connectivity index (χ0n) is 9.17. The van der Waals surface area contributed by atoms with Gasteiger partial charge in [-0.05, 0) is 0 Å². The van der Waals surface area contributed by atoms with Gasteiger partial charge in [-0.1, -0.05) is 6.58 Å². The molecule has 0 fully saturated rings. The summed E-state index contributed by atoms with van der Waals surface area (Å²) in [5.41, 5.74) is 0. The van der Waals surface area contributed by atoms with E-state index >= 15 is 0 Å². The summed E-state index contributed by atoms with van der Waals surface area (Å²) in [6.45, 7) is 1.24. The Kier molecular flexibility index (Phi) is 5.33. The minimum absolute atomic E-state index is 1.22. The molecule has 0 aliphatic carbocycles. The summed E-state index contributed by atoms with van der Waals surface area (Å²) in [5.74, 6) is -13.3. The number of alkyl halides is 7. The first-order valence-corrected chi connectivity index (χ1v) is 4.62. The van der Waals surface area contributed by atoms with E-state index in [2.05, 4.69) is 11.3 Å². The molecular formula is C9H8F8O2. The van der Waals surface area contributed by atoms with Gasteiger partial charge in [-0.2, -0.15) is 26.3 Å². The fourth-order valence-corrected chi connectivity index (χ4v) is 0.885. The van der Waals surface area contributed by atoms with Crippen LogP contribution in [0.15, 0.2) is 12.4 Å². The highest BCUT2D eigenvalue weighted by Gasteiger charge is 2.61. The van der Waals surface area contributed by atoms with Crippen LogP contribution in [0.5, 0.6) is 0 Å². The van der Waals surface area contributed by atoms with Crippen LogP contribution in [0, 0.1) is 0 Å². The third-order valence-electron chi connectivity index (χ3n) is 1.82. The predicted molar refractivity (Wildman–Crippen MR) is 46.4 cm³/mol. The molecule has 0 N–H and O–H groups in total. The molecule has 0 spiro atoms. The van der Waals surface area contributed by atoms with Gasteiger partial charge in [0.25, 0.3) is 5.92 Å². The van der Waals surface area contributed by atoms with Crippen molar-refractivity contribution >= 4 is 5.97 Å².